The number of benzene rings is 1. The third-order valence-electron chi connectivity index (χ3n) is 3.58. The molecule has 2 aromatic rings. The van der Waals surface area contributed by atoms with Crippen LogP contribution in [-0.4, -0.2) is 17.5 Å². The lowest BCUT2D eigenvalue weighted by molar-refractivity contribution is 0.416. The summed E-state index contributed by atoms with van der Waals surface area (Å²) in [6.07, 6.45) is 2.45. The summed E-state index contributed by atoms with van der Waals surface area (Å²) in [5.74, 6) is 1.79. The minimum atomic E-state index is -0.280. The zero-order valence-electron chi connectivity index (χ0n) is 11.0. The van der Waals surface area contributed by atoms with E-state index >= 15 is 0 Å². The maximum atomic E-state index is 13.7. The largest absolute Gasteiger partial charge is 0.456 e. The third-order valence-corrected chi connectivity index (χ3v) is 5.04. The standard InChI is InChI=1S/C15H18FNOS/c1-2-17-14(13-7-4-8-19-13)12-9-10-5-3-6-11(16)15(10)18-12/h3,5-6,9,13-14,17H,2,4,7-8H2,1H3. The molecule has 102 valence electrons. The van der Waals surface area contributed by atoms with Gasteiger partial charge >= 0.3 is 0 Å². The number of rotatable bonds is 4. The lowest BCUT2D eigenvalue weighted by Gasteiger charge is -2.21. The summed E-state index contributed by atoms with van der Waals surface area (Å²) in [5.41, 5.74) is 0.378. The fourth-order valence-electron chi connectivity index (χ4n) is 2.70. The average Bonchev–Trinajstić information content (AvgIpc) is 3.05. The molecule has 0 radical (unpaired) electrons. The van der Waals surface area contributed by atoms with Gasteiger partial charge in [0.2, 0.25) is 0 Å². The van der Waals surface area contributed by atoms with Gasteiger partial charge in [0.15, 0.2) is 11.4 Å². The first kappa shape index (κ1) is 13.0. The van der Waals surface area contributed by atoms with Crippen molar-refractivity contribution in [1.29, 1.82) is 0 Å². The summed E-state index contributed by atoms with van der Waals surface area (Å²) in [7, 11) is 0. The normalized spacial score (nSPS) is 21.1. The first-order valence-corrected chi connectivity index (χ1v) is 7.87. The SMILES string of the molecule is CCNC(c1cc2cccc(F)c2o1)C1CCCS1. The molecule has 3 rings (SSSR count). The van der Waals surface area contributed by atoms with Gasteiger partial charge in [0, 0.05) is 10.6 Å². The number of thioether (sulfide) groups is 1. The zero-order valence-corrected chi connectivity index (χ0v) is 11.8. The lowest BCUT2D eigenvalue weighted by Crippen LogP contribution is -2.28. The molecular formula is C15H18FNOS. The van der Waals surface area contributed by atoms with Crippen LogP contribution in [0.2, 0.25) is 0 Å². The molecule has 1 aromatic heterocycles. The molecule has 4 heteroatoms. The van der Waals surface area contributed by atoms with Crippen molar-refractivity contribution in [3.05, 3.63) is 35.8 Å². The molecule has 2 atom stereocenters. The van der Waals surface area contributed by atoms with Gasteiger partial charge in [0.25, 0.3) is 0 Å². The van der Waals surface area contributed by atoms with Crippen molar-refractivity contribution in [2.75, 3.05) is 12.3 Å². The maximum absolute atomic E-state index is 13.7. The van der Waals surface area contributed by atoms with Gasteiger partial charge in [-0.2, -0.15) is 11.8 Å². The fraction of sp³-hybridized carbons (Fsp3) is 0.467. The van der Waals surface area contributed by atoms with Gasteiger partial charge < -0.3 is 9.73 Å². The van der Waals surface area contributed by atoms with Crippen LogP contribution < -0.4 is 5.32 Å². The number of furan rings is 1. The second-order valence-corrected chi connectivity index (χ2v) is 6.24. The summed E-state index contributed by atoms with van der Waals surface area (Å²) >= 11 is 1.98. The average molecular weight is 279 g/mol. The highest BCUT2D eigenvalue weighted by atomic mass is 32.2. The van der Waals surface area contributed by atoms with E-state index in [-0.39, 0.29) is 11.9 Å². The van der Waals surface area contributed by atoms with Crippen molar-refractivity contribution in [3.8, 4) is 0 Å². The Balaban J connectivity index is 1.97. The molecule has 2 nitrogen and oxygen atoms in total. The Bertz CT molecular complexity index is 562. The van der Waals surface area contributed by atoms with Gasteiger partial charge in [0.05, 0.1) is 6.04 Å². The van der Waals surface area contributed by atoms with E-state index in [0.29, 0.717) is 10.8 Å². The number of hydrogen-bond acceptors (Lipinski definition) is 3. The van der Waals surface area contributed by atoms with E-state index in [4.69, 9.17) is 4.42 Å². The van der Waals surface area contributed by atoms with E-state index < -0.39 is 0 Å². The highest BCUT2D eigenvalue weighted by molar-refractivity contribution is 8.00. The van der Waals surface area contributed by atoms with E-state index in [9.17, 15) is 4.39 Å². The molecule has 2 unspecified atom stereocenters. The number of hydrogen-bond donors (Lipinski definition) is 1. The van der Waals surface area contributed by atoms with Crippen LogP contribution in [0.5, 0.6) is 0 Å². The molecule has 0 aliphatic carbocycles. The second-order valence-electron chi connectivity index (χ2n) is 4.89. The third kappa shape index (κ3) is 2.51. The van der Waals surface area contributed by atoms with E-state index in [1.165, 1.54) is 24.7 Å². The van der Waals surface area contributed by atoms with E-state index in [1.54, 1.807) is 6.07 Å². The summed E-state index contributed by atoms with van der Waals surface area (Å²) in [6.45, 7) is 2.98. The lowest BCUT2D eigenvalue weighted by atomic mass is 10.1. The van der Waals surface area contributed by atoms with Crippen LogP contribution in [0.1, 0.15) is 31.6 Å². The van der Waals surface area contributed by atoms with Crippen LogP contribution in [0.25, 0.3) is 11.0 Å². The molecule has 1 saturated heterocycles. The molecule has 1 N–H and O–H groups in total. The Morgan fingerprint density at radius 2 is 2.42 bits per heavy atom. The first-order chi connectivity index (χ1) is 9.29. The van der Waals surface area contributed by atoms with Gasteiger partial charge in [-0.15, -0.1) is 0 Å². The van der Waals surface area contributed by atoms with Crippen LogP contribution >= 0.6 is 11.8 Å². The molecule has 1 aromatic carbocycles. The predicted octanol–water partition coefficient (Wildman–Crippen LogP) is 4.12. The van der Waals surface area contributed by atoms with Gasteiger partial charge in [-0.25, -0.2) is 4.39 Å². The van der Waals surface area contributed by atoms with Crippen LogP contribution in [-0.2, 0) is 0 Å². The molecule has 0 spiro atoms. The Kier molecular flexibility index (Phi) is 3.80. The van der Waals surface area contributed by atoms with Crippen LogP contribution in [0.15, 0.2) is 28.7 Å². The molecule has 1 aliphatic rings. The van der Waals surface area contributed by atoms with Gasteiger partial charge in [0.1, 0.15) is 5.76 Å². The number of halogens is 1. The van der Waals surface area contributed by atoms with Gasteiger partial charge in [-0.3, -0.25) is 0 Å². The Hall–Kier alpha value is -1.000. The zero-order chi connectivity index (χ0) is 13.2. The first-order valence-electron chi connectivity index (χ1n) is 6.82. The molecule has 2 heterocycles. The highest BCUT2D eigenvalue weighted by Gasteiger charge is 2.29. The topological polar surface area (TPSA) is 25.2 Å². The Morgan fingerprint density at radius 1 is 1.53 bits per heavy atom. The summed E-state index contributed by atoms with van der Waals surface area (Å²) in [6, 6.07) is 7.23. The smallest absolute Gasteiger partial charge is 0.169 e. The quantitative estimate of drug-likeness (QED) is 0.911. The van der Waals surface area contributed by atoms with Crippen LogP contribution in [0, 0.1) is 5.82 Å². The monoisotopic (exact) mass is 279 g/mol. The van der Waals surface area contributed by atoms with E-state index in [0.717, 1.165) is 17.7 Å². The molecular weight excluding hydrogens is 261 g/mol. The Morgan fingerprint density at radius 3 is 3.11 bits per heavy atom. The summed E-state index contributed by atoms with van der Waals surface area (Å²) < 4.78 is 19.5. The van der Waals surface area contributed by atoms with Gasteiger partial charge in [-0.1, -0.05) is 19.1 Å². The fourth-order valence-corrected chi connectivity index (χ4v) is 4.09. The van der Waals surface area contributed by atoms with Crippen molar-refractivity contribution in [2.24, 2.45) is 0 Å². The molecule has 1 fully saturated rings. The molecule has 0 bridgehead atoms. The highest BCUT2D eigenvalue weighted by Crippen LogP contribution is 2.38. The molecule has 1 aliphatic heterocycles. The van der Waals surface area contributed by atoms with Crippen molar-refractivity contribution >= 4 is 22.7 Å². The Labute approximate surface area is 116 Å². The van der Waals surface area contributed by atoms with Crippen molar-refractivity contribution in [3.63, 3.8) is 0 Å². The van der Waals surface area contributed by atoms with Crippen molar-refractivity contribution in [1.82, 2.24) is 5.32 Å². The predicted molar refractivity (Wildman–Crippen MR) is 78.1 cm³/mol. The van der Waals surface area contributed by atoms with Crippen LogP contribution in [0.4, 0.5) is 4.39 Å². The van der Waals surface area contributed by atoms with E-state index in [2.05, 4.69) is 12.2 Å². The van der Waals surface area contributed by atoms with Crippen LogP contribution in [0.3, 0.4) is 0 Å². The second kappa shape index (κ2) is 5.55. The minimum Gasteiger partial charge on any atom is -0.456 e. The molecule has 19 heavy (non-hydrogen) atoms. The van der Waals surface area contributed by atoms with Gasteiger partial charge in [-0.05, 0) is 37.3 Å². The van der Waals surface area contributed by atoms with Crippen molar-refractivity contribution in [2.45, 2.75) is 31.1 Å². The minimum absolute atomic E-state index is 0.185. The van der Waals surface area contributed by atoms with E-state index in [1.807, 2.05) is 23.9 Å². The number of fused-ring (bicyclic) bond motifs is 1. The maximum Gasteiger partial charge on any atom is 0.169 e. The van der Waals surface area contributed by atoms with Crippen molar-refractivity contribution < 1.29 is 8.81 Å². The summed E-state index contributed by atoms with van der Waals surface area (Å²) in [5, 5.41) is 4.86. The summed E-state index contributed by atoms with van der Waals surface area (Å²) in [4.78, 5) is 0. The number of nitrogens with one attached hydrogen (secondary N) is 1. The molecule has 0 amide bonds. The molecule has 0 saturated carbocycles. The number of para-hydroxylation sites is 1.